The van der Waals surface area contributed by atoms with Gasteiger partial charge in [0.2, 0.25) is 0 Å². The van der Waals surface area contributed by atoms with Crippen LogP contribution in [0.25, 0.3) is 0 Å². The molecular formula is C13H21NO2S. The van der Waals surface area contributed by atoms with Crippen LogP contribution in [0.15, 0.2) is 12.1 Å². The van der Waals surface area contributed by atoms with Gasteiger partial charge in [-0.1, -0.05) is 6.92 Å². The van der Waals surface area contributed by atoms with Gasteiger partial charge in [0.15, 0.2) is 0 Å². The van der Waals surface area contributed by atoms with Crippen molar-refractivity contribution in [3.8, 4) is 0 Å². The molecule has 0 radical (unpaired) electrons. The van der Waals surface area contributed by atoms with Gasteiger partial charge in [-0.15, -0.1) is 11.3 Å². The Morgan fingerprint density at radius 3 is 2.82 bits per heavy atom. The van der Waals surface area contributed by atoms with E-state index in [9.17, 15) is 4.79 Å². The lowest BCUT2D eigenvalue weighted by atomic mass is 10.2. The standard InChI is InChI=1S/C13H21NO2S/c1-4-11-6-7-12(17-11)10(3)14-9-8-13(15)16-5-2/h6-7,10,14H,4-5,8-9H2,1-3H3. The molecule has 0 amide bonds. The van der Waals surface area contributed by atoms with Crippen LogP contribution in [0.5, 0.6) is 0 Å². The van der Waals surface area contributed by atoms with Crippen molar-refractivity contribution in [3.63, 3.8) is 0 Å². The van der Waals surface area contributed by atoms with Crippen molar-refractivity contribution >= 4 is 17.3 Å². The van der Waals surface area contributed by atoms with Gasteiger partial charge in [0.05, 0.1) is 13.0 Å². The van der Waals surface area contributed by atoms with Crippen molar-refractivity contribution < 1.29 is 9.53 Å². The highest BCUT2D eigenvalue weighted by Crippen LogP contribution is 2.23. The largest absolute Gasteiger partial charge is 0.466 e. The molecule has 96 valence electrons. The van der Waals surface area contributed by atoms with Gasteiger partial charge in [-0.3, -0.25) is 4.79 Å². The lowest BCUT2D eigenvalue weighted by Crippen LogP contribution is -2.22. The minimum Gasteiger partial charge on any atom is -0.466 e. The summed E-state index contributed by atoms with van der Waals surface area (Å²) in [5, 5.41) is 3.34. The van der Waals surface area contributed by atoms with E-state index in [1.165, 1.54) is 9.75 Å². The number of thiophene rings is 1. The molecule has 4 heteroatoms. The number of rotatable bonds is 7. The van der Waals surface area contributed by atoms with Crippen molar-refractivity contribution in [2.75, 3.05) is 13.2 Å². The maximum atomic E-state index is 11.2. The van der Waals surface area contributed by atoms with Crippen molar-refractivity contribution in [1.29, 1.82) is 0 Å². The summed E-state index contributed by atoms with van der Waals surface area (Å²) in [6.45, 7) is 7.23. The van der Waals surface area contributed by atoms with Crippen LogP contribution in [0.4, 0.5) is 0 Å². The van der Waals surface area contributed by atoms with Gasteiger partial charge < -0.3 is 10.1 Å². The normalized spacial score (nSPS) is 12.4. The second-order valence-corrected chi connectivity index (χ2v) is 5.09. The van der Waals surface area contributed by atoms with Crippen LogP contribution < -0.4 is 5.32 Å². The maximum absolute atomic E-state index is 11.2. The average Bonchev–Trinajstić information content (AvgIpc) is 2.77. The molecule has 1 N–H and O–H groups in total. The van der Waals surface area contributed by atoms with E-state index in [0.717, 1.165) is 6.42 Å². The summed E-state index contributed by atoms with van der Waals surface area (Å²) in [6, 6.07) is 4.63. The molecule has 1 unspecified atom stereocenters. The summed E-state index contributed by atoms with van der Waals surface area (Å²) in [6.07, 6.45) is 1.52. The first kappa shape index (κ1) is 14.2. The smallest absolute Gasteiger partial charge is 0.307 e. The Labute approximate surface area is 107 Å². The predicted octanol–water partition coefficient (Wildman–Crippen LogP) is 2.91. The van der Waals surface area contributed by atoms with E-state index in [4.69, 9.17) is 4.74 Å². The van der Waals surface area contributed by atoms with Gasteiger partial charge in [-0.2, -0.15) is 0 Å². The highest BCUT2D eigenvalue weighted by molar-refractivity contribution is 7.12. The van der Waals surface area contributed by atoms with E-state index in [1.807, 2.05) is 18.3 Å². The topological polar surface area (TPSA) is 38.3 Å². The lowest BCUT2D eigenvalue weighted by Gasteiger charge is -2.11. The molecule has 0 aliphatic heterocycles. The fraction of sp³-hybridized carbons (Fsp3) is 0.615. The van der Waals surface area contributed by atoms with Crippen LogP contribution in [0.2, 0.25) is 0 Å². The van der Waals surface area contributed by atoms with Crippen LogP contribution in [0.3, 0.4) is 0 Å². The molecule has 0 fully saturated rings. The fourth-order valence-electron chi connectivity index (χ4n) is 1.54. The number of hydrogen-bond donors (Lipinski definition) is 1. The van der Waals surface area contributed by atoms with Crippen LogP contribution >= 0.6 is 11.3 Å². The molecule has 1 aromatic rings. The van der Waals surface area contributed by atoms with Gasteiger partial charge in [-0.25, -0.2) is 0 Å². The van der Waals surface area contributed by atoms with E-state index >= 15 is 0 Å². The third kappa shape index (κ3) is 4.88. The van der Waals surface area contributed by atoms with Gasteiger partial charge in [0.1, 0.15) is 0 Å². The predicted molar refractivity (Wildman–Crippen MR) is 71.4 cm³/mol. The molecule has 0 saturated heterocycles. The van der Waals surface area contributed by atoms with E-state index in [2.05, 4.69) is 31.3 Å². The number of nitrogens with one attached hydrogen (secondary N) is 1. The number of carbonyl (C=O) groups is 1. The quantitative estimate of drug-likeness (QED) is 0.761. The molecule has 17 heavy (non-hydrogen) atoms. The third-order valence-corrected chi connectivity index (χ3v) is 3.95. The minimum atomic E-state index is -0.132. The average molecular weight is 255 g/mol. The number of aryl methyl sites for hydroxylation is 1. The van der Waals surface area contributed by atoms with Gasteiger partial charge in [0.25, 0.3) is 0 Å². The van der Waals surface area contributed by atoms with E-state index < -0.39 is 0 Å². The highest BCUT2D eigenvalue weighted by Gasteiger charge is 2.08. The summed E-state index contributed by atoms with van der Waals surface area (Å²) in [5.74, 6) is -0.132. The minimum absolute atomic E-state index is 0.132. The van der Waals surface area contributed by atoms with Gasteiger partial charge in [-0.05, 0) is 32.4 Å². The molecule has 0 aliphatic carbocycles. The Kier molecular flexibility index (Phi) is 6.22. The Balaban J connectivity index is 2.29. The molecule has 1 rings (SSSR count). The Morgan fingerprint density at radius 2 is 2.24 bits per heavy atom. The molecule has 0 spiro atoms. The summed E-state index contributed by atoms with van der Waals surface area (Å²) in [5.41, 5.74) is 0. The number of hydrogen-bond acceptors (Lipinski definition) is 4. The fourth-order valence-corrected chi connectivity index (χ4v) is 2.52. The molecule has 1 atom stereocenters. The first-order valence-corrected chi connectivity index (χ1v) is 6.96. The number of ether oxygens (including phenoxy) is 1. The van der Waals surface area contributed by atoms with Gasteiger partial charge in [0, 0.05) is 22.3 Å². The number of carbonyl (C=O) groups excluding carboxylic acids is 1. The monoisotopic (exact) mass is 255 g/mol. The molecular weight excluding hydrogens is 234 g/mol. The first-order chi connectivity index (χ1) is 8.17. The van der Waals surface area contributed by atoms with E-state index in [1.54, 1.807) is 0 Å². The van der Waals surface area contributed by atoms with Crippen molar-refractivity contribution in [2.24, 2.45) is 0 Å². The van der Waals surface area contributed by atoms with Crippen molar-refractivity contribution in [1.82, 2.24) is 5.32 Å². The number of esters is 1. The molecule has 3 nitrogen and oxygen atoms in total. The molecule has 0 aliphatic rings. The molecule has 0 saturated carbocycles. The van der Waals surface area contributed by atoms with E-state index in [-0.39, 0.29) is 5.97 Å². The zero-order valence-electron chi connectivity index (χ0n) is 10.8. The summed E-state index contributed by atoms with van der Waals surface area (Å²) >= 11 is 1.83. The maximum Gasteiger partial charge on any atom is 0.307 e. The van der Waals surface area contributed by atoms with Crippen LogP contribution in [0.1, 0.15) is 43.0 Å². The van der Waals surface area contributed by atoms with Crippen LogP contribution in [-0.4, -0.2) is 19.1 Å². The van der Waals surface area contributed by atoms with Gasteiger partial charge >= 0.3 is 5.97 Å². The molecule has 0 bridgehead atoms. The first-order valence-electron chi connectivity index (χ1n) is 6.15. The van der Waals surface area contributed by atoms with Crippen molar-refractivity contribution in [2.45, 2.75) is 39.7 Å². The zero-order valence-corrected chi connectivity index (χ0v) is 11.6. The Hall–Kier alpha value is -0.870. The Bertz CT molecular complexity index is 349. The lowest BCUT2D eigenvalue weighted by molar-refractivity contribution is -0.142. The summed E-state index contributed by atoms with van der Waals surface area (Å²) in [4.78, 5) is 13.9. The van der Waals surface area contributed by atoms with Crippen molar-refractivity contribution in [3.05, 3.63) is 21.9 Å². The highest BCUT2D eigenvalue weighted by atomic mass is 32.1. The van der Waals surface area contributed by atoms with E-state index in [0.29, 0.717) is 25.6 Å². The molecule has 1 aromatic heterocycles. The Morgan fingerprint density at radius 1 is 1.47 bits per heavy atom. The third-order valence-electron chi connectivity index (χ3n) is 2.54. The van der Waals surface area contributed by atoms with Crippen LogP contribution in [0, 0.1) is 0 Å². The zero-order chi connectivity index (χ0) is 12.7. The molecule has 0 aromatic carbocycles. The summed E-state index contributed by atoms with van der Waals surface area (Å²) in [7, 11) is 0. The molecule has 1 heterocycles. The SMILES string of the molecule is CCOC(=O)CCNC(C)c1ccc(CC)s1. The second kappa shape index (κ2) is 7.45. The second-order valence-electron chi connectivity index (χ2n) is 3.89. The summed E-state index contributed by atoms with van der Waals surface area (Å²) < 4.78 is 4.87. The van der Waals surface area contributed by atoms with Crippen LogP contribution in [-0.2, 0) is 16.0 Å².